The number of hydrogen-bond donors (Lipinski definition) is 0. The lowest BCUT2D eigenvalue weighted by Crippen LogP contribution is -1.96. The lowest BCUT2D eigenvalue weighted by atomic mass is 9.84. The Morgan fingerprint density at radius 3 is 1.83 bits per heavy atom. The van der Waals surface area contributed by atoms with E-state index < -0.39 is 6.37 Å². The number of fused-ring (bicyclic) bond motifs is 3. The summed E-state index contributed by atoms with van der Waals surface area (Å²) in [6.07, 6.45) is 0.295. The van der Waals surface area contributed by atoms with Crippen LogP contribution in [-0.4, -0.2) is 4.98 Å². The van der Waals surface area contributed by atoms with Crippen LogP contribution in [0.2, 0.25) is 0 Å². The van der Waals surface area contributed by atoms with Crippen LogP contribution < -0.4 is 0 Å². The number of hydrogen-bond acceptors (Lipinski definition) is 1. The summed E-state index contributed by atoms with van der Waals surface area (Å²) in [6, 6.07) is 40.1. The standard InChI is InChI=1S/C35H29N/c1-24(2)21-25-19-20-36-33(22-25)28-17-18-30-29-15-9-10-16-31(29)34(26-11-5-3-6-12-26)35(32(30)23-28)27-13-7-4-8-14-27/h3-20,22-24H,21H2,1-2H3/i21D2. The van der Waals surface area contributed by atoms with Crippen molar-refractivity contribution in [3.8, 4) is 33.5 Å². The first-order valence-corrected chi connectivity index (χ1v) is 12.5. The monoisotopic (exact) mass is 465 g/mol. The largest absolute Gasteiger partial charge is 0.256 e. The highest BCUT2D eigenvalue weighted by atomic mass is 14.7. The first-order chi connectivity index (χ1) is 18.4. The third-order valence-electron chi connectivity index (χ3n) is 6.66. The van der Waals surface area contributed by atoms with Crippen LogP contribution in [-0.2, 0) is 6.37 Å². The van der Waals surface area contributed by atoms with E-state index in [4.69, 9.17) is 2.74 Å². The zero-order valence-electron chi connectivity index (χ0n) is 22.6. The van der Waals surface area contributed by atoms with E-state index in [9.17, 15) is 0 Å². The van der Waals surface area contributed by atoms with E-state index in [0.29, 0.717) is 5.56 Å². The van der Waals surface area contributed by atoms with Crippen molar-refractivity contribution in [1.82, 2.24) is 4.98 Å². The zero-order valence-corrected chi connectivity index (χ0v) is 20.6. The average molecular weight is 466 g/mol. The van der Waals surface area contributed by atoms with Crippen LogP contribution >= 0.6 is 0 Å². The van der Waals surface area contributed by atoms with Crippen molar-refractivity contribution in [2.45, 2.75) is 20.2 Å². The molecule has 5 aromatic carbocycles. The summed E-state index contributed by atoms with van der Waals surface area (Å²) in [5.74, 6) is -0.140. The van der Waals surface area contributed by atoms with Gasteiger partial charge in [0.15, 0.2) is 0 Å². The van der Waals surface area contributed by atoms with Crippen molar-refractivity contribution in [1.29, 1.82) is 0 Å². The quantitative estimate of drug-likeness (QED) is 0.231. The Bertz CT molecular complexity index is 1760. The molecule has 1 heteroatoms. The number of nitrogens with zero attached hydrogens (tertiary/aromatic N) is 1. The molecule has 0 amide bonds. The van der Waals surface area contributed by atoms with Gasteiger partial charge in [-0.3, -0.25) is 4.98 Å². The normalized spacial score (nSPS) is 12.6. The molecule has 36 heavy (non-hydrogen) atoms. The van der Waals surface area contributed by atoms with Gasteiger partial charge in [0.25, 0.3) is 0 Å². The van der Waals surface area contributed by atoms with Crippen LogP contribution in [0.5, 0.6) is 0 Å². The predicted octanol–water partition coefficient (Wildman–Crippen LogP) is 9.59. The van der Waals surface area contributed by atoms with Gasteiger partial charge >= 0.3 is 0 Å². The van der Waals surface area contributed by atoms with Crippen molar-refractivity contribution in [3.63, 3.8) is 0 Å². The second-order valence-electron chi connectivity index (χ2n) is 9.52. The topological polar surface area (TPSA) is 12.9 Å². The predicted molar refractivity (Wildman–Crippen MR) is 154 cm³/mol. The molecule has 6 aromatic rings. The Labute approximate surface area is 215 Å². The summed E-state index contributed by atoms with van der Waals surface area (Å²) < 4.78 is 17.2. The average Bonchev–Trinajstić information content (AvgIpc) is 2.97. The molecule has 0 fully saturated rings. The van der Waals surface area contributed by atoms with Crippen molar-refractivity contribution in [3.05, 3.63) is 127 Å². The molecule has 0 N–H and O–H groups in total. The molecular formula is C35H29N. The van der Waals surface area contributed by atoms with E-state index in [-0.39, 0.29) is 5.92 Å². The van der Waals surface area contributed by atoms with Gasteiger partial charge in [0, 0.05) is 14.5 Å². The summed E-state index contributed by atoms with van der Waals surface area (Å²) in [5, 5.41) is 4.79. The third kappa shape index (κ3) is 4.07. The molecule has 0 atom stereocenters. The van der Waals surface area contributed by atoms with Crippen LogP contribution in [0.15, 0.2) is 121 Å². The molecule has 0 spiro atoms. The third-order valence-corrected chi connectivity index (χ3v) is 6.66. The van der Waals surface area contributed by atoms with E-state index >= 15 is 0 Å². The number of benzene rings is 5. The first-order valence-electron chi connectivity index (χ1n) is 13.5. The summed E-state index contributed by atoms with van der Waals surface area (Å²) in [4.78, 5) is 4.67. The fourth-order valence-electron chi connectivity index (χ4n) is 5.17. The second kappa shape index (κ2) is 9.43. The molecule has 174 valence electrons. The molecule has 0 bridgehead atoms. The lowest BCUT2D eigenvalue weighted by Gasteiger charge is -2.19. The minimum Gasteiger partial charge on any atom is -0.256 e. The number of aromatic nitrogens is 1. The van der Waals surface area contributed by atoms with Gasteiger partial charge in [-0.25, -0.2) is 0 Å². The molecule has 0 unspecified atom stereocenters. The van der Waals surface area contributed by atoms with Crippen LogP contribution in [0.25, 0.3) is 55.1 Å². The van der Waals surface area contributed by atoms with Crippen LogP contribution in [0.3, 0.4) is 0 Å². The Balaban J connectivity index is 1.70. The highest BCUT2D eigenvalue weighted by Gasteiger charge is 2.18. The van der Waals surface area contributed by atoms with E-state index in [1.54, 1.807) is 12.3 Å². The smallest absolute Gasteiger partial charge is 0.0704 e. The van der Waals surface area contributed by atoms with Gasteiger partial charge in [-0.15, -0.1) is 0 Å². The fraction of sp³-hybridized carbons (Fsp3) is 0.114. The van der Waals surface area contributed by atoms with Gasteiger partial charge in [0.1, 0.15) is 0 Å². The maximum Gasteiger partial charge on any atom is 0.0704 e. The van der Waals surface area contributed by atoms with Crippen LogP contribution in [0.4, 0.5) is 0 Å². The molecule has 1 heterocycles. The molecule has 0 aliphatic heterocycles. The van der Waals surface area contributed by atoms with Crippen molar-refractivity contribution >= 4 is 21.5 Å². The van der Waals surface area contributed by atoms with Crippen molar-refractivity contribution in [2.75, 3.05) is 0 Å². The number of pyridine rings is 1. The molecule has 6 rings (SSSR count). The summed E-state index contributed by atoms with van der Waals surface area (Å²) in [5.41, 5.74) is 7.17. The molecule has 0 saturated heterocycles. The summed E-state index contributed by atoms with van der Waals surface area (Å²) >= 11 is 0. The van der Waals surface area contributed by atoms with Gasteiger partial charge in [-0.05, 0) is 79.9 Å². The second-order valence-corrected chi connectivity index (χ2v) is 9.52. The van der Waals surface area contributed by atoms with Gasteiger partial charge in [-0.1, -0.05) is 111 Å². The molecule has 0 aliphatic rings. The van der Waals surface area contributed by atoms with Crippen molar-refractivity contribution < 1.29 is 2.74 Å². The zero-order chi connectivity index (χ0) is 26.3. The number of rotatable bonds is 5. The lowest BCUT2D eigenvalue weighted by molar-refractivity contribution is 0.647. The Hall–Kier alpha value is -4.23. The Morgan fingerprint density at radius 2 is 1.17 bits per heavy atom. The highest BCUT2D eigenvalue weighted by molar-refractivity contribution is 6.22. The van der Waals surface area contributed by atoms with Gasteiger partial charge in [-0.2, -0.15) is 0 Å². The van der Waals surface area contributed by atoms with Crippen molar-refractivity contribution in [2.24, 2.45) is 5.92 Å². The maximum atomic E-state index is 8.61. The molecular weight excluding hydrogens is 434 g/mol. The van der Waals surface area contributed by atoms with E-state index in [1.165, 1.54) is 32.8 Å². The van der Waals surface area contributed by atoms with Gasteiger partial charge in [0.2, 0.25) is 0 Å². The van der Waals surface area contributed by atoms with Gasteiger partial charge < -0.3 is 0 Å². The summed E-state index contributed by atoms with van der Waals surface area (Å²) in [7, 11) is 0. The minimum absolute atomic E-state index is 0.140. The molecule has 0 radical (unpaired) electrons. The van der Waals surface area contributed by atoms with E-state index in [2.05, 4.69) is 108 Å². The Morgan fingerprint density at radius 1 is 0.583 bits per heavy atom. The highest BCUT2D eigenvalue weighted by Crippen LogP contribution is 2.45. The molecule has 1 nitrogen and oxygen atoms in total. The van der Waals surface area contributed by atoms with Crippen LogP contribution in [0, 0.1) is 5.92 Å². The summed E-state index contributed by atoms with van der Waals surface area (Å²) in [6.45, 7) is 3.83. The molecule has 1 aromatic heterocycles. The maximum absolute atomic E-state index is 8.61. The fourth-order valence-corrected chi connectivity index (χ4v) is 5.17. The Kier molecular flexibility index (Phi) is 5.24. The molecule has 0 aliphatic carbocycles. The minimum atomic E-state index is -1.43. The first kappa shape index (κ1) is 20.0. The van der Waals surface area contributed by atoms with E-state index in [0.717, 1.165) is 22.2 Å². The van der Waals surface area contributed by atoms with Gasteiger partial charge in [0.05, 0.1) is 5.69 Å². The molecule has 0 saturated carbocycles. The SMILES string of the molecule is [2H]C([2H])(c1ccnc(-c2ccc3c(c2)c(-c2ccccc2)c(-c2ccccc2)c2ccccc23)c1)C(C)C. The van der Waals surface area contributed by atoms with Crippen LogP contribution in [0.1, 0.15) is 22.2 Å². The van der Waals surface area contributed by atoms with E-state index in [1.807, 2.05) is 19.9 Å².